The molecule has 0 aliphatic rings. The summed E-state index contributed by atoms with van der Waals surface area (Å²) in [7, 11) is 1.51. The Morgan fingerprint density at radius 3 is 2.47 bits per heavy atom. The highest BCUT2D eigenvalue weighted by molar-refractivity contribution is 7.98. The highest BCUT2D eigenvalue weighted by atomic mass is 32.2. The molecule has 1 aromatic heterocycles. The fourth-order valence-electron chi connectivity index (χ4n) is 1.07. The molecular weight excluding hydrogens is 253 g/mol. The van der Waals surface area contributed by atoms with Crippen molar-refractivity contribution in [1.29, 1.82) is 0 Å². The number of halogens is 3. The van der Waals surface area contributed by atoms with Crippen molar-refractivity contribution in [2.24, 2.45) is 0 Å². The zero-order chi connectivity index (χ0) is 12.9. The van der Waals surface area contributed by atoms with E-state index >= 15 is 0 Å². The zero-order valence-electron chi connectivity index (χ0n) is 9.43. The number of anilines is 2. The third kappa shape index (κ3) is 4.29. The van der Waals surface area contributed by atoms with Crippen molar-refractivity contribution >= 4 is 23.4 Å². The van der Waals surface area contributed by atoms with Gasteiger partial charge in [-0.15, -0.1) is 0 Å². The fourth-order valence-corrected chi connectivity index (χ4v) is 1.38. The van der Waals surface area contributed by atoms with Gasteiger partial charge in [0.15, 0.2) is 0 Å². The van der Waals surface area contributed by atoms with Gasteiger partial charge in [0.05, 0.1) is 0 Å². The number of alkyl halides is 3. The van der Waals surface area contributed by atoms with Gasteiger partial charge in [-0.25, -0.2) is 9.97 Å². The topological polar surface area (TPSA) is 49.8 Å². The first-order chi connectivity index (χ1) is 7.97. The Hall–Kier alpha value is -1.18. The Balaban J connectivity index is 2.89. The molecule has 0 saturated heterocycles. The lowest BCUT2D eigenvalue weighted by Crippen LogP contribution is -2.15. The van der Waals surface area contributed by atoms with Gasteiger partial charge in [-0.3, -0.25) is 0 Å². The summed E-state index contributed by atoms with van der Waals surface area (Å²) in [5, 5.41) is 5.39. The molecule has 0 fully saturated rings. The lowest BCUT2D eigenvalue weighted by atomic mass is 10.4. The summed E-state index contributed by atoms with van der Waals surface area (Å²) in [6.07, 6.45) is -2.62. The van der Waals surface area contributed by atoms with Crippen LogP contribution in [0.1, 0.15) is 5.82 Å². The molecule has 0 radical (unpaired) electrons. The molecule has 0 aromatic carbocycles. The van der Waals surface area contributed by atoms with Crippen LogP contribution in [0.5, 0.6) is 0 Å². The van der Waals surface area contributed by atoms with Crippen molar-refractivity contribution in [3.05, 3.63) is 11.9 Å². The minimum absolute atomic E-state index is 0.138. The third-order valence-electron chi connectivity index (χ3n) is 1.85. The van der Waals surface area contributed by atoms with Crippen molar-refractivity contribution in [2.75, 3.05) is 36.2 Å². The lowest BCUT2D eigenvalue weighted by molar-refractivity contribution is -0.144. The number of aromatic nitrogens is 2. The van der Waals surface area contributed by atoms with E-state index in [-0.39, 0.29) is 11.6 Å². The van der Waals surface area contributed by atoms with Gasteiger partial charge in [-0.1, -0.05) is 0 Å². The number of hydrogen-bond donors (Lipinski definition) is 2. The average Bonchev–Trinajstić information content (AvgIpc) is 2.28. The molecule has 0 aliphatic carbocycles. The average molecular weight is 266 g/mol. The van der Waals surface area contributed by atoms with Crippen LogP contribution in [0.2, 0.25) is 0 Å². The van der Waals surface area contributed by atoms with Crippen LogP contribution in [0.3, 0.4) is 0 Å². The molecule has 0 atom stereocenters. The summed E-state index contributed by atoms with van der Waals surface area (Å²) in [6, 6.07) is 1.44. The van der Waals surface area contributed by atoms with Crippen LogP contribution >= 0.6 is 11.8 Å². The minimum Gasteiger partial charge on any atom is -0.373 e. The third-order valence-corrected chi connectivity index (χ3v) is 2.46. The van der Waals surface area contributed by atoms with Crippen LogP contribution in [0.15, 0.2) is 6.07 Å². The van der Waals surface area contributed by atoms with Gasteiger partial charge in [-0.05, 0) is 6.26 Å². The van der Waals surface area contributed by atoms with Crippen LogP contribution in [-0.4, -0.2) is 35.6 Å². The van der Waals surface area contributed by atoms with Gasteiger partial charge in [0.25, 0.3) is 0 Å². The highest BCUT2D eigenvalue weighted by Crippen LogP contribution is 2.28. The predicted octanol–water partition coefficient (Wildman–Crippen LogP) is 2.31. The van der Waals surface area contributed by atoms with Crippen molar-refractivity contribution in [2.45, 2.75) is 6.18 Å². The van der Waals surface area contributed by atoms with E-state index in [4.69, 9.17) is 0 Å². The predicted molar refractivity (Wildman–Crippen MR) is 63.5 cm³/mol. The van der Waals surface area contributed by atoms with E-state index in [0.29, 0.717) is 6.54 Å². The van der Waals surface area contributed by atoms with E-state index < -0.39 is 12.0 Å². The quantitative estimate of drug-likeness (QED) is 0.801. The van der Waals surface area contributed by atoms with Crippen molar-refractivity contribution in [3.63, 3.8) is 0 Å². The smallest absolute Gasteiger partial charge is 0.373 e. The summed E-state index contributed by atoms with van der Waals surface area (Å²) in [5.41, 5.74) is 0. The van der Waals surface area contributed by atoms with Crippen molar-refractivity contribution < 1.29 is 13.2 Å². The summed E-state index contributed by atoms with van der Waals surface area (Å²) < 4.78 is 37.5. The monoisotopic (exact) mass is 266 g/mol. The molecule has 4 nitrogen and oxygen atoms in total. The summed E-state index contributed by atoms with van der Waals surface area (Å²) in [4.78, 5) is 6.79. The zero-order valence-corrected chi connectivity index (χ0v) is 10.2. The van der Waals surface area contributed by atoms with Gasteiger partial charge >= 0.3 is 6.18 Å². The maximum absolute atomic E-state index is 12.5. The second kappa shape index (κ2) is 5.95. The van der Waals surface area contributed by atoms with Crippen LogP contribution in [0, 0.1) is 0 Å². The number of nitrogens with one attached hydrogen (secondary N) is 2. The van der Waals surface area contributed by atoms with Crippen molar-refractivity contribution in [1.82, 2.24) is 9.97 Å². The molecule has 1 rings (SSSR count). The summed E-state index contributed by atoms with van der Waals surface area (Å²) in [5.74, 6) is -0.0408. The van der Waals surface area contributed by atoms with Crippen LogP contribution in [-0.2, 0) is 6.18 Å². The first-order valence-corrected chi connectivity index (χ1v) is 6.23. The van der Waals surface area contributed by atoms with Gasteiger partial charge in [-0.2, -0.15) is 24.9 Å². The summed E-state index contributed by atoms with van der Waals surface area (Å²) >= 11 is 1.60. The van der Waals surface area contributed by atoms with Crippen LogP contribution in [0.25, 0.3) is 0 Å². The lowest BCUT2D eigenvalue weighted by Gasteiger charge is -2.10. The van der Waals surface area contributed by atoms with E-state index in [1.54, 1.807) is 11.8 Å². The molecule has 0 bridgehead atoms. The number of nitrogens with zero attached hydrogens (tertiary/aromatic N) is 2. The molecule has 0 spiro atoms. The largest absolute Gasteiger partial charge is 0.451 e. The molecule has 0 amide bonds. The molecule has 17 heavy (non-hydrogen) atoms. The van der Waals surface area contributed by atoms with Gasteiger partial charge in [0.2, 0.25) is 5.82 Å². The molecule has 96 valence electrons. The van der Waals surface area contributed by atoms with E-state index in [1.165, 1.54) is 13.1 Å². The maximum atomic E-state index is 12.5. The maximum Gasteiger partial charge on any atom is 0.451 e. The van der Waals surface area contributed by atoms with E-state index in [0.717, 1.165) is 5.75 Å². The first kappa shape index (κ1) is 13.9. The molecule has 1 aromatic rings. The van der Waals surface area contributed by atoms with Gasteiger partial charge in [0.1, 0.15) is 11.6 Å². The Kier molecular flexibility index (Phi) is 4.86. The highest BCUT2D eigenvalue weighted by Gasteiger charge is 2.35. The van der Waals surface area contributed by atoms with E-state index in [2.05, 4.69) is 20.6 Å². The molecule has 0 saturated carbocycles. The standard InChI is InChI=1S/C9H13F3N4S/c1-13-6-5-7(14-3-4-17-2)16-8(15-6)9(10,11)12/h5H,3-4H2,1-2H3,(H2,13,14,15,16). The minimum atomic E-state index is -4.54. The van der Waals surface area contributed by atoms with Crippen LogP contribution < -0.4 is 10.6 Å². The molecule has 0 aliphatic heterocycles. The summed E-state index contributed by atoms with van der Waals surface area (Å²) in [6.45, 7) is 0.554. The fraction of sp³-hybridized carbons (Fsp3) is 0.556. The normalized spacial score (nSPS) is 11.4. The molecule has 2 N–H and O–H groups in total. The Morgan fingerprint density at radius 2 is 1.94 bits per heavy atom. The number of hydrogen-bond acceptors (Lipinski definition) is 5. The Morgan fingerprint density at radius 1 is 1.29 bits per heavy atom. The van der Waals surface area contributed by atoms with Crippen LogP contribution in [0.4, 0.5) is 24.8 Å². The second-order valence-electron chi connectivity index (χ2n) is 3.13. The first-order valence-electron chi connectivity index (χ1n) is 4.84. The SMILES string of the molecule is CNc1cc(NCCSC)nc(C(F)(F)F)n1. The number of thioether (sulfide) groups is 1. The molecular formula is C9H13F3N4S. The molecule has 1 heterocycles. The van der Waals surface area contributed by atoms with E-state index in [1.807, 2.05) is 6.26 Å². The Bertz CT molecular complexity index is 370. The Labute approximate surface area is 101 Å². The molecule has 0 unspecified atom stereocenters. The van der Waals surface area contributed by atoms with E-state index in [9.17, 15) is 13.2 Å². The molecule has 8 heteroatoms. The van der Waals surface area contributed by atoms with Gasteiger partial charge < -0.3 is 10.6 Å². The van der Waals surface area contributed by atoms with Crippen molar-refractivity contribution in [3.8, 4) is 0 Å². The van der Waals surface area contributed by atoms with Gasteiger partial charge in [0, 0.05) is 25.4 Å². The second-order valence-corrected chi connectivity index (χ2v) is 4.11. The number of rotatable bonds is 5.